The molecule has 0 aromatic heterocycles. The van der Waals surface area contributed by atoms with E-state index in [0.29, 0.717) is 11.5 Å². The quantitative estimate of drug-likeness (QED) is 0.771. The van der Waals surface area contributed by atoms with Crippen molar-refractivity contribution < 1.29 is 19.2 Å². The van der Waals surface area contributed by atoms with E-state index >= 15 is 0 Å². The van der Waals surface area contributed by atoms with Crippen LogP contribution in [0, 0.1) is 22.2 Å². The third kappa shape index (κ3) is 1.61. The fourth-order valence-electron chi connectivity index (χ4n) is 2.61. The van der Waals surface area contributed by atoms with E-state index in [2.05, 4.69) is 0 Å². The molecule has 2 aliphatic rings. The van der Waals surface area contributed by atoms with Gasteiger partial charge >= 0.3 is 5.97 Å². The zero-order valence-electron chi connectivity index (χ0n) is 11.5. The number of carbonyl (C=O) groups excluding carboxylic acids is 3. The fourth-order valence-corrected chi connectivity index (χ4v) is 2.61. The molecule has 6 nitrogen and oxygen atoms in total. The van der Waals surface area contributed by atoms with Crippen LogP contribution >= 0.6 is 0 Å². The van der Waals surface area contributed by atoms with Crippen LogP contribution < -0.4 is 0 Å². The molecule has 1 aromatic rings. The summed E-state index contributed by atoms with van der Waals surface area (Å²) in [6.07, 6.45) is 0.346. The summed E-state index contributed by atoms with van der Waals surface area (Å²) in [5.74, 6) is -2.23. The van der Waals surface area contributed by atoms with Crippen LogP contribution in [0.25, 0.3) is 0 Å². The Balaban J connectivity index is 1.86. The lowest BCUT2D eigenvalue weighted by molar-refractivity contribution is -0.174. The fraction of sp³-hybridized carbons (Fsp3) is 0.333. The summed E-state index contributed by atoms with van der Waals surface area (Å²) >= 11 is 0. The average molecular weight is 284 g/mol. The Morgan fingerprint density at radius 1 is 1.24 bits per heavy atom. The number of imide groups is 1. The lowest BCUT2D eigenvalue weighted by Crippen LogP contribution is -2.36. The van der Waals surface area contributed by atoms with Crippen LogP contribution in [0.3, 0.4) is 0 Å². The Bertz CT molecular complexity index is 696. The minimum Gasteiger partial charge on any atom is -0.328 e. The minimum atomic E-state index is -1.29. The van der Waals surface area contributed by atoms with Crippen molar-refractivity contribution in [2.24, 2.45) is 10.8 Å². The summed E-state index contributed by atoms with van der Waals surface area (Å²) < 4.78 is 0. The van der Waals surface area contributed by atoms with E-state index in [4.69, 9.17) is 4.84 Å². The predicted octanol–water partition coefficient (Wildman–Crippen LogP) is 1.68. The lowest BCUT2D eigenvalue weighted by Gasteiger charge is -2.16. The van der Waals surface area contributed by atoms with Gasteiger partial charge in [-0.15, -0.1) is 0 Å². The van der Waals surface area contributed by atoms with Gasteiger partial charge in [-0.3, -0.25) is 9.59 Å². The third-order valence-electron chi connectivity index (χ3n) is 4.21. The van der Waals surface area contributed by atoms with Gasteiger partial charge in [-0.25, -0.2) is 4.79 Å². The average Bonchev–Trinajstić information content (AvgIpc) is 2.98. The number of carbonyl (C=O) groups is 3. The van der Waals surface area contributed by atoms with Gasteiger partial charge in [0, 0.05) is 0 Å². The van der Waals surface area contributed by atoms with Crippen molar-refractivity contribution in [3.05, 3.63) is 35.4 Å². The topological polar surface area (TPSA) is 87.5 Å². The third-order valence-corrected chi connectivity index (χ3v) is 4.21. The van der Waals surface area contributed by atoms with Crippen molar-refractivity contribution in [2.75, 3.05) is 0 Å². The predicted molar refractivity (Wildman–Crippen MR) is 69.5 cm³/mol. The Kier molecular flexibility index (Phi) is 2.48. The first-order valence-electron chi connectivity index (χ1n) is 6.45. The van der Waals surface area contributed by atoms with Crippen LogP contribution in [-0.2, 0) is 9.63 Å². The molecule has 1 fully saturated rings. The van der Waals surface area contributed by atoms with Gasteiger partial charge in [0.1, 0.15) is 0 Å². The van der Waals surface area contributed by atoms with Crippen LogP contribution in [0.5, 0.6) is 0 Å². The van der Waals surface area contributed by atoms with E-state index in [0.717, 1.165) is 0 Å². The second-order valence-electron chi connectivity index (χ2n) is 5.91. The molecule has 3 rings (SSSR count). The summed E-state index contributed by atoms with van der Waals surface area (Å²) in [6.45, 7) is 3.53. The maximum absolute atomic E-state index is 12.2. The second-order valence-corrected chi connectivity index (χ2v) is 5.91. The molecule has 0 saturated heterocycles. The van der Waals surface area contributed by atoms with Crippen molar-refractivity contribution in [1.29, 1.82) is 5.26 Å². The highest BCUT2D eigenvalue weighted by Gasteiger charge is 2.69. The van der Waals surface area contributed by atoms with E-state index in [-0.39, 0.29) is 11.1 Å². The van der Waals surface area contributed by atoms with E-state index in [9.17, 15) is 19.6 Å². The van der Waals surface area contributed by atoms with Crippen molar-refractivity contribution in [2.45, 2.75) is 20.3 Å². The second kappa shape index (κ2) is 3.92. The highest BCUT2D eigenvalue weighted by Crippen LogP contribution is 2.63. The number of hydrogen-bond acceptors (Lipinski definition) is 5. The van der Waals surface area contributed by atoms with Gasteiger partial charge in [-0.2, -0.15) is 5.26 Å². The molecule has 1 unspecified atom stereocenters. The van der Waals surface area contributed by atoms with Crippen LogP contribution in [-0.4, -0.2) is 22.8 Å². The molecule has 1 aliphatic carbocycles. The van der Waals surface area contributed by atoms with Gasteiger partial charge in [-0.05, 0) is 24.0 Å². The smallest absolute Gasteiger partial charge is 0.328 e. The first-order chi connectivity index (χ1) is 9.84. The number of hydroxylamine groups is 2. The number of hydrogen-bond donors (Lipinski definition) is 0. The summed E-state index contributed by atoms with van der Waals surface area (Å²) in [5, 5.41) is 9.65. The van der Waals surface area contributed by atoms with Gasteiger partial charge < -0.3 is 4.84 Å². The molecule has 1 heterocycles. The number of nitrogens with zero attached hydrogens (tertiary/aromatic N) is 2. The van der Waals surface area contributed by atoms with E-state index in [1.807, 2.05) is 6.07 Å². The maximum Gasteiger partial charge on any atom is 0.353 e. The summed E-state index contributed by atoms with van der Waals surface area (Å²) in [6, 6.07) is 8.17. The molecular weight excluding hydrogens is 272 g/mol. The molecular formula is C15H12N2O4. The van der Waals surface area contributed by atoms with Gasteiger partial charge in [0.25, 0.3) is 11.8 Å². The summed E-state index contributed by atoms with van der Waals surface area (Å²) in [5.41, 5.74) is -1.42. The number of benzene rings is 1. The van der Waals surface area contributed by atoms with Crippen LogP contribution in [0.15, 0.2) is 24.3 Å². The molecule has 0 bridgehead atoms. The first-order valence-corrected chi connectivity index (χ1v) is 6.45. The van der Waals surface area contributed by atoms with E-state index < -0.39 is 28.6 Å². The van der Waals surface area contributed by atoms with Crippen LogP contribution in [0.4, 0.5) is 0 Å². The molecule has 1 saturated carbocycles. The number of rotatable bonds is 2. The Hall–Kier alpha value is -2.68. The Morgan fingerprint density at radius 2 is 1.71 bits per heavy atom. The molecule has 0 N–H and O–H groups in total. The van der Waals surface area contributed by atoms with Crippen molar-refractivity contribution in [1.82, 2.24) is 5.06 Å². The number of amides is 2. The molecule has 106 valence electrons. The SMILES string of the molecule is CC1(C)CC1(C#N)C(=O)ON1C(=O)c2ccccc2C1=O. The van der Waals surface area contributed by atoms with Gasteiger partial charge in [0.2, 0.25) is 0 Å². The molecule has 6 heteroatoms. The van der Waals surface area contributed by atoms with Crippen LogP contribution in [0.1, 0.15) is 41.0 Å². The molecule has 1 aliphatic heterocycles. The maximum atomic E-state index is 12.2. The van der Waals surface area contributed by atoms with Crippen molar-refractivity contribution in [3.63, 3.8) is 0 Å². The molecule has 2 amide bonds. The molecule has 1 atom stereocenters. The largest absolute Gasteiger partial charge is 0.353 e. The Labute approximate surface area is 120 Å². The minimum absolute atomic E-state index is 0.191. The van der Waals surface area contributed by atoms with E-state index in [1.165, 1.54) is 12.1 Å². The number of fused-ring (bicyclic) bond motifs is 1. The molecule has 1 aromatic carbocycles. The Morgan fingerprint density at radius 3 is 2.10 bits per heavy atom. The number of nitriles is 1. The van der Waals surface area contributed by atoms with E-state index in [1.54, 1.807) is 26.0 Å². The van der Waals surface area contributed by atoms with Gasteiger partial charge in [0.15, 0.2) is 5.41 Å². The normalized spacial score (nSPS) is 25.3. The lowest BCUT2D eigenvalue weighted by atomic mass is 9.98. The molecule has 0 spiro atoms. The molecule has 0 radical (unpaired) electrons. The highest BCUT2D eigenvalue weighted by atomic mass is 16.7. The van der Waals surface area contributed by atoms with Crippen molar-refractivity contribution >= 4 is 17.8 Å². The zero-order chi connectivity index (χ0) is 15.4. The first kappa shape index (κ1) is 13.3. The standard InChI is InChI=1S/C15H12N2O4/c1-14(2)7-15(14,8-16)13(20)21-17-11(18)9-5-3-4-6-10(9)12(17)19/h3-6H,7H2,1-2H3. The molecule has 21 heavy (non-hydrogen) atoms. The monoisotopic (exact) mass is 284 g/mol. The van der Waals surface area contributed by atoms with Crippen molar-refractivity contribution in [3.8, 4) is 6.07 Å². The summed E-state index contributed by atoms with van der Waals surface area (Å²) in [4.78, 5) is 41.3. The highest BCUT2D eigenvalue weighted by molar-refractivity contribution is 6.21. The zero-order valence-corrected chi connectivity index (χ0v) is 11.5. The van der Waals surface area contributed by atoms with Gasteiger partial charge in [0.05, 0.1) is 17.2 Å². The van der Waals surface area contributed by atoms with Gasteiger partial charge in [-0.1, -0.05) is 31.0 Å². The van der Waals surface area contributed by atoms with Crippen LogP contribution in [0.2, 0.25) is 0 Å². The summed E-state index contributed by atoms with van der Waals surface area (Å²) in [7, 11) is 0.